The van der Waals surface area contributed by atoms with Crippen molar-refractivity contribution in [2.45, 2.75) is 12.5 Å². The number of fused-ring (bicyclic) bond motifs is 1. The van der Waals surface area contributed by atoms with Gasteiger partial charge in [0.05, 0.1) is 19.2 Å². The fourth-order valence-electron chi connectivity index (χ4n) is 3.93. The fraction of sp³-hybridized carbons (Fsp3) is 0.333. The number of aryl methyl sites for hydroxylation is 1. The van der Waals surface area contributed by atoms with Crippen LogP contribution in [0.5, 0.6) is 5.75 Å². The molecule has 1 amide bonds. The second kappa shape index (κ2) is 8.63. The molecule has 2 atom stereocenters. The first kappa shape index (κ1) is 20.2. The number of ether oxygens (including phenoxy) is 1. The average Bonchev–Trinajstić information content (AvgIpc) is 3.34. The van der Waals surface area contributed by atoms with Gasteiger partial charge in [-0.25, -0.2) is 0 Å². The average molecular weight is 401 g/mol. The Morgan fingerprint density at radius 2 is 2.11 bits per heavy atom. The summed E-state index contributed by atoms with van der Waals surface area (Å²) >= 11 is 0. The van der Waals surface area contributed by atoms with Crippen LogP contribution in [0.2, 0.25) is 0 Å². The van der Waals surface area contributed by atoms with E-state index in [1.165, 1.54) is 0 Å². The zero-order valence-corrected chi connectivity index (χ0v) is 16.8. The summed E-state index contributed by atoms with van der Waals surface area (Å²) in [5.74, 6) is 0.898. The summed E-state index contributed by atoms with van der Waals surface area (Å²) in [5, 5.41) is 13.0. The van der Waals surface area contributed by atoms with E-state index < -0.39 is 0 Å². The molecule has 1 fully saturated rings. The Bertz CT molecular complexity index is 972. The highest BCUT2D eigenvalue weighted by Gasteiger charge is 2.34. The van der Waals surface area contributed by atoms with E-state index in [-0.39, 0.29) is 30.2 Å². The molecule has 1 aliphatic rings. The molecule has 2 aromatic carbocycles. The van der Waals surface area contributed by atoms with E-state index in [9.17, 15) is 4.79 Å². The minimum absolute atomic E-state index is 0. The van der Waals surface area contributed by atoms with Gasteiger partial charge in [0, 0.05) is 44.4 Å². The van der Waals surface area contributed by atoms with Gasteiger partial charge in [-0.15, -0.1) is 12.4 Å². The van der Waals surface area contributed by atoms with Crippen molar-refractivity contribution >= 4 is 29.1 Å². The second-order valence-electron chi connectivity index (χ2n) is 7.00. The number of methoxy groups -OCH3 is 1. The van der Waals surface area contributed by atoms with Crippen molar-refractivity contribution in [1.82, 2.24) is 20.4 Å². The van der Waals surface area contributed by atoms with Crippen molar-refractivity contribution in [2.24, 2.45) is 13.0 Å². The molecule has 6 nitrogen and oxygen atoms in total. The topological polar surface area (TPSA) is 68.2 Å². The monoisotopic (exact) mass is 400 g/mol. The van der Waals surface area contributed by atoms with Gasteiger partial charge in [-0.1, -0.05) is 30.3 Å². The van der Waals surface area contributed by atoms with Crippen LogP contribution in [0.1, 0.15) is 17.0 Å². The number of halogens is 1. The minimum Gasteiger partial charge on any atom is -0.496 e. The Labute approximate surface area is 170 Å². The smallest absolute Gasteiger partial charge is 0.225 e. The zero-order chi connectivity index (χ0) is 18.8. The van der Waals surface area contributed by atoms with Gasteiger partial charge >= 0.3 is 0 Å². The molecule has 4 rings (SSSR count). The number of hydrogen-bond donors (Lipinski definition) is 2. The largest absolute Gasteiger partial charge is 0.496 e. The number of carbonyl (C=O) groups excluding carboxylic acids is 1. The molecule has 0 aliphatic carbocycles. The van der Waals surface area contributed by atoms with Crippen LogP contribution in [-0.4, -0.2) is 35.9 Å². The summed E-state index contributed by atoms with van der Waals surface area (Å²) in [5.41, 5.74) is 2.11. The molecule has 1 aliphatic heterocycles. The van der Waals surface area contributed by atoms with Gasteiger partial charge in [0.25, 0.3) is 0 Å². The van der Waals surface area contributed by atoms with E-state index in [2.05, 4.69) is 27.9 Å². The van der Waals surface area contributed by atoms with Crippen LogP contribution in [0.4, 0.5) is 0 Å². The highest BCUT2D eigenvalue weighted by Crippen LogP contribution is 2.30. The van der Waals surface area contributed by atoms with Crippen LogP contribution in [0.15, 0.2) is 48.8 Å². The van der Waals surface area contributed by atoms with Crippen LogP contribution >= 0.6 is 12.4 Å². The first-order valence-corrected chi connectivity index (χ1v) is 9.19. The van der Waals surface area contributed by atoms with Crippen LogP contribution in [-0.2, 0) is 18.4 Å². The molecule has 1 aromatic heterocycles. The van der Waals surface area contributed by atoms with Crippen molar-refractivity contribution in [1.29, 1.82) is 0 Å². The maximum atomic E-state index is 12.9. The van der Waals surface area contributed by atoms with Gasteiger partial charge in [-0.3, -0.25) is 9.48 Å². The lowest BCUT2D eigenvalue weighted by Crippen LogP contribution is -2.34. The predicted molar refractivity (Wildman–Crippen MR) is 112 cm³/mol. The molecule has 0 spiro atoms. The van der Waals surface area contributed by atoms with Crippen molar-refractivity contribution in [3.63, 3.8) is 0 Å². The molecule has 3 aromatic rings. The van der Waals surface area contributed by atoms with Crippen LogP contribution in [0.3, 0.4) is 0 Å². The second-order valence-corrected chi connectivity index (χ2v) is 7.00. The molecule has 28 heavy (non-hydrogen) atoms. The van der Waals surface area contributed by atoms with Gasteiger partial charge in [0.1, 0.15) is 5.75 Å². The highest BCUT2D eigenvalue weighted by molar-refractivity contribution is 5.88. The SMILES string of the molecule is COc1ccc2ccccc2c1CNC(=O)[C@H]1CNC[C@@H]1c1cnn(C)c1.Cl. The summed E-state index contributed by atoms with van der Waals surface area (Å²) in [6.45, 7) is 1.92. The summed E-state index contributed by atoms with van der Waals surface area (Å²) in [4.78, 5) is 12.9. The molecule has 148 valence electrons. The number of nitrogens with one attached hydrogen (secondary N) is 2. The van der Waals surface area contributed by atoms with Gasteiger partial charge in [0.15, 0.2) is 0 Å². The van der Waals surface area contributed by atoms with Gasteiger partial charge in [-0.2, -0.15) is 5.10 Å². The number of amides is 1. The fourth-order valence-corrected chi connectivity index (χ4v) is 3.93. The standard InChI is InChI=1S/C21H24N4O2.ClH/c1-25-13-15(9-24-25)17-10-22-11-19(17)21(26)23-12-18-16-6-4-3-5-14(16)7-8-20(18)27-2;/h3-9,13,17,19,22H,10-12H2,1-2H3,(H,23,26);1H/t17-,19+;/m1./s1. The Morgan fingerprint density at radius 1 is 1.29 bits per heavy atom. The molecular weight excluding hydrogens is 376 g/mol. The van der Waals surface area contributed by atoms with Crippen molar-refractivity contribution < 1.29 is 9.53 Å². The van der Waals surface area contributed by atoms with Crippen LogP contribution in [0, 0.1) is 5.92 Å². The number of rotatable bonds is 5. The lowest BCUT2D eigenvalue weighted by molar-refractivity contribution is -0.125. The number of aromatic nitrogens is 2. The molecule has 0 bridgehead atoms. The Morgan fingerprint density at radius 3 is 2.86 bits per heavy atom. The lowest BCUT2D eigenvalue weighted by Gasteiger charge is -2.18. The highest BCUT2D eigenvalue weighted by atomic mass is 35.5. The molecule has 7 heteroatoms. The first-order chi connectivity index (χ1) is 13.2. The molecular formula is C21H25ClN4O2. The van der Waals surface area contributed by atoms with Gasteiger partial charge in [0.2, 0.25) is 5.91 Å². The quantitative estimate of drug-likeness (QED) is 0.690. The molecule has 1 saturated heterocycles. The van der Waals surface area contributed by atoms with E-state index in [1.54, 1.807) is 11.8 Å². The van der Waals surface area contributed by atoms with Crippen molar-refractivity contribution in [3.05, 3.63) is 59.9 Å². The maximum absolute atomic E-state index is 12.9. The third-order valence-corrected chi connectivity index (χ3v) is 5.36. The normalized spacial score (nSPS) is 18.6. The molecule has 0 unspecified atom stereocenters. The molecule has 0 saturated carbocycles. The van der Waals surface area contributed by atoms with E-state index in [1.807, 2.05) is 43.7 Å². The molecule has 2 heterocycles. The number of nitrogens with zero attached hydrogens (tertiary/aromatic N) is 2. The lowest BCUT2D eigenvalue weighted by atomic mass is 9.90. The Hall–Kier alpha value is -2.57. The molecule has 2 N–H and O–H groups in total. The van der Waals surface area contributed by atoms with E-state index in [0.717, 1.165) is 34.2 Å². The summed E-state index contributed by atoms with van der Waals surface area (Å²) in [6.07, 6.45) is 3.84. The third-order valence-electron chi connectivity index (χ3n) is 5.36. The Kier molecular flexibility index (Phi) is 6.21. The Balaban J connectivity index is 0.00000225. The maximum Gasteiger partial charge on any atom is 0.225 e. The van der Waals surface area contributed by atoms with Crippen molar-refractivity contribution in [3.8, 4) is 5.75 Å². The van der Waals surface area contributed by atoms with Crippen LogP contribution in [0.25, 0.3) is 10.8 Å². The number of hydrogen-bond acceptors (Lipinski definition) is 4. The van der Waals surface area contributed by atoms with E-state index in [4.69, 9.17) is 4.74 Å². The summed E-state index contributed by atoms with van der Waals surface area (Å²) < 4.78 is 7.31. The summed E-state index contributed by atoms with van der Waals surface area (Å²) in [7, 11) is 3.56. The minimum atomic E-state index is -0.102. The predicted octanol–water partition coefficient (Wildman–Crippen LogP) is 2.62. The zero-order valence-electron chi connectivity index (χ0n) is 16.0. The summed E-state index contributed by atoms with van der Waals surface area (Å²) in [6, 6.07) is 12.2. The third kappa shape index (κ3) is 3.84. The van der Waals surface area contributed by atoms with Crippen LogP contribution < -0.4 is 15.4 Å². The number of carbonyl (C=O) groups is 1. The van der Waals surface area contributed by atoms with Crippen molar-refractivity contribution in [2.75, 3.05) is 20.2 Å². The number of benzene rings is 2. The van der Waals surface area contributed by atoms with E-state index in [0.29, 0.717) is 13.1 Å². The van der Waals surface area contributed by atoms with E-state index >= 15 is 0 Å². The van der Waals surface area contributed by atoms with Gasteiger partial charge < -0.3 is 15.4 Å². The molecule has 0 radical (unpaired) electrons. The van der Waals surface area contributed by atoms with Gasteiger partial charge in [-0.05, 0) is 22.4 Å². The first-order valence-electron chi connectivity index (χ1n) is 9.19.